The fourth-order valence-corrected chi connectivity index (χ4v) is 6.88. The van der Waals surface area contributed by atoms with Crippen molar-refractivity contribution in [1.29, 1.82) is 0 Å². The van der Waals surface area contributed by atoms with Crippen LogP contribution in [0.15, 0.2) is 0 Å². The molecule has 0 bridgehead atoms. The first-order valence-electron chi connectivity index (χ1n) is 12.4. The van der Waals surface area contributed by atoms with Crippen molar-refractivity contribution in [3.05, 3.63) is 11.6 Å². The number of likely N-dealkylation sites (tertiary alicyclic amines) is 2. The molecule has 8 nitrogen and oxygen atoms in total. The monoisotopic (exact) mass is 478 g/mol. The van der Waals surface area contributed by atoms with Gasteiger partial charge >= 0.3 is 12.2 Å². The molecule has 3 amide bonds. The second-order valence-electron chi connectivity index (χ2n) is 12.1. The molecular weight excluding hydrogens is 449 g/mol. The second kappa shape index (κ2) is 6.46. The SMILES string of the molecule is O=C(N1CC2(CC(NC(=O)C3(C(F)(F)F)CC3)C2)C1)N1CC2(CC(c3nnc(C4CC4)[nH]3)C2)C1. The number of aromatic amines is 1. The summed E-state index contributed by atoms with van der Waals surface area (Å²) in [5.74, 6) is 2.14. The Labute approximate surface area is 195 Å². The Kier molecular flexibility index (Phi) is 3.99. The zero-order chi connectivity index (χ0) is 23.5. The van der Waals surface area contributed by atoms with Crippen LogP contribution in [-0.2, 0) is 4.79 Å². The number of hydrogen-bond acceptors (Lipinski definition) is 4. The second-order valence-corrected chi connectivity index (χ2v) is 12.1. The Bertz CT molecular complexity index is 1030. The number of carbonyl (C=O) groups excluding carboxylic acids is 2. The van der Waals surface area contributed by atoms with Crippen molar-refractivity contribution >= 4 is 11.9 Å². The molecule has 2 N–H and O–H groups in total. The van der Waals surface area contributed by atoms with Crippen LogP contribution in [0.25, 0.3) is 0 Å². The number of carbonyl (C=O) groups is 2. The van der Waals surface area contributed by atoms with E-state index in [0.717, 1.165) is 37.6 Å². The maximum Gasteiger partial charge on any atom is 0.403 e. The molecule has 0 aromatic carbocycles. The number of H-pyrrole nitrogens is 1. The number of halogens is 3. The van der Waals surface area contributed by atoms with Gasteiger partial charge in [0.1, 0.15) is 17.1 Å². The van der Waals surface area contributed by atoms with E-state index in [2.05, 4.69) is 20.5 Å². The van der Waals surface area contributed by atoms with Gasteiger partial charge in [0, 0.05) is 54.9 Å². The average molecular weight is 479 g/mol. The molecule has 4 aliphatic carbocycles. The number of alkyl halides is 3. The number of aromatic nitrogens is 3. The number of urea groups is 1. The normalized spacial score (nSPS) is 28.7. The molecule has 11 heteroatoms. The molecule has 7 rings (SSSR count). The number of nitrogens with zero attached hydrogens (tertiary/aromatic N) is 4. The summed E-state index contributed by atoms with van der Waals surface area (Å²) in [7, 11) is 0. The fourth-order valence-electron chi connectivity index (χ4n) is 6.88. The van der Waals surface area contributed by atoms with Crippen molar-refractivity contribution in [2.24, 2.45) is 16.2 Å². The highest BCUT2D eigenvalue weighted by Crippen LogP contribution is 2.59. The molecule has 0 radical (unpaired) electrons. The van der Waals surface area contributed by atoms with Gasteiger partial charge in [0.15, 0.2) is 0 Å². The number of nitrogens with one attached hydrogen (secondary N) is 2. The molecule has 2 aliphatic heterocycles. The van der Waals surface area contributed by atoms with Crippen molar-refractivity contribution in [3.8, 4) is 0 Å². The Morgan fingerprint density at radius 1 is 0.882 bits per heavy atom. The van der Waals surface area contributed by atoms with Crippen LogP contribution in [-0.4, -0.2) is 75.3 Å². The van der Waals surface area contributed by atoms with Crippen molar-refractivity contribution in [2.75, 3.05) is 26.2 Å². The van der Waals surface area contributed by atoms with E-state index in [9.17, 15) is 22.8 Å². The zero-order valence-electron chi connectivity index (χ0n) is 19.0. The standard InChI is InChI=1S/C23H29F3N6O2/c24-23(25,26)22(3-4-22)18(33)27-15-7-21(8-15)11-32(12-21)19(34)31-9-20(10-31)5-14(6-20)17-28-16(29-30-17)13-1-2-13/h13-15H,1-12H2,(H,27,33)(H,28,29,30). The van der Waals surface area contributed by atoms with E-state index in [0.29, 0.717) is 37.8 Å². The van der Waals surface area contributed by atoms with Crippen molar-refractivity contribution in [1.82, 2.24) is 30.3 Å². The largest absolute Gasteiger partial charge is 0.403 e. The van der Waals surface area contributed by atoms with E-state index in [4.69, 9.17) is 0 Å². The van der Waals surface area contributed by atoms with Crippen molar-refractivity contribution in [3.63, 3.8) is 0 Å². The molecule has 6 aliphatic rings. The number of amides is 3. The van der Waals surface area contributed by atoms with Gasteiger partial charge in [-0.1, -0.05) is 0 Å². The highest BCUT2D eigenvalue weighted by molar-refractivity contribution is 5.86. The Morgan fingerprint density at radius 2 is 1.41 bits per heavy atom. The Hall–Kier alpha value is -2.33. The van der Waals surface area contributed by atoms with Gasteiger partial charge in [-0.3, -0.25) is 4.79 Å². The van der Waals surface area contributed by atoms with E-state index >= 15 is 0 Å². The van der Waals surface area contributed by atoms with E-state index in [1.165, 1.54) is 12.8 Å². The Balaban J connectivity index is 0.842. The zero-order valence-corrected chi connectivity index (χ0v) is 19.0. The van der Waals surface area contributed by atoms with Gasteiger partial charge in [-0.05, 0) is 51.4 Å². The van der Waals surface area contributed by atoms with Gasteiger partial charge in [-0.25, -0.2) is 4.79 Å². The molecule has 0 atom stereocenters. The van der Waals surface area contributed by atoms with Crippen molar-refractivity contribution in [2.45, 2.75) is 75.4 Å². The van der Waals surface area contributed by atoms with Gasteiger partial charge in [0.25, 0.3) is 0 Å². The Morgan fingerprint density at radius 3 is 1.91 bits per heavy atom. The lowest BCUT2D eigenvalue weighted by atomic mass is 9.57. The highest BCUT2D eigenvalue weighted by atomic mass is 19.4. The summed E-state index contributed by atoms with van der Waals surface area (Å²) in [5.41, 5.74) is -1.96. The summed E-state index contributed by atoms with van der Waals surface area (Å²) in [6, 6.07) is -0.142. The lowest BCUT2D eigenvalue weighted by Gasteiger charge is -2.63. The van der Waals surface area contributed by atoms with Gasteiger partial charge in [-0.15, -0.1) is 10.2 Å². The number of hydrogen-bond donors (Lipinski definition) is 2. The minimum atomic E-state index is -4.47. The minimum Gasteiger partial charge on any atom is -0.353 e. The quantitative estimate of drug-likeness (QED) is 0.696. The van der Waals surface area contributed by atoms with E-state index in [1.54, 1.807) is 0 Å². The van der Waals surface area contributed by atoms with Gasteiger partial charge in [0.05, 0.1) is 0 Å². The summed E-state index contributed by atoms with van der Waals surface area (Å²) < 4.78 is 39.3. The molecule has 1 aromatic heterocycles. The molecule has 2 saturated heterocycles. The van der Waals surface area contributed by atoms with Gasteiger partial charge in [-0.2, -0.15) is 13.2 Å². The predicted molar refractivity (Wildman–Crippen MR) is 113 cm³/mol. The topological polar surface area (TPSA) is 94.2 Å². The first-order chi connectivity index (χ1) is 16.1. The summed E-state index contributed by atoms with van der Waals surface area (Å²) in [6.45, 7) is 2.84. The molecular formula is C23H29F3N6O2. The first kappa shape index (κ1) is 21.0. The molecule has 2 spiro atoms. The maximum atomic E-state index is 13.1. The first-order valence-corrected chi connectivity index (χ1v) is 12.4. The van der Waals surface area contributed by atoms with E-state index < -0.39 is 17.5 Å². The van der Waals surface area contributed by atoms with Crippen molar-refractivity contribution < 1.29 is 22.8 Å². The summed E-state index contributed by atoms with van der Waals surface area (Å²) >= 11 is 0. The van der Waals surface area contributed by atoms with Crippen LogP contribution in [0.3, 0.4) is 0 Å². The van der Waals surface area contributed by atoms with Crippen LogP contribution in [0.2, 0.25) is 0 Å². The summed E-state index contributed by atoms with van der Waals surface area (Å²) in [4.78, 5) is 32.1. The molecule has 0 unspecified atom stereocenters. The molecule has 4 saturated carbocycles. The van der Waals surface area contributed by atoms with Crippen LogP contribution in [0.5, 0.6) is 0 Å². The highest BCUT2D eigenvalue weighted by Gasteiger charge is 2.69. The third-order valence-corrected chi connectivity index (χ3v) is 9.30. The predicted octanol–water partition coefficient (Wildman–Crippen LogP) is 2.90. The number of rotatable bonds is 4. The lowest BCUT2D eigenvalue weighted by Crippen LogP contribution is -2.72. The average Bonchev–Trinajstić information content (AvgIpc) is 3.57. The van der Waals surface area contributed by atoms with Gasteiger partial charge in [0.2, 0.25) is 5.91 Å². The minimum absolute atomic E-state index is 0.0295. The molecule has 184 valence electrons. The smallest absolute Gasteiger partial charge is 0.353 e. The van der Waals surface area contributed by atoms with Gasteiger partial charge < -0.3 is 20.1 Å². The molecule has 34 heavy (non-hydrogen) atoms. The third-order valence-electron chi connectivity index (χ3n) is 9.30. The van der Waals surface area contributed by atoms with Crippen LogP contribution in [0.1, 0.15) is 74.9 Å². The summed E-state index contributed by atoms with van der Waals surface area (Å²) in [5, 5.41) is 11.2. The van der Waals surface area contributed by atoms with E-state index in [-0.39, 0.29) is 35.7 Å². The molecule has 1 aromatic rings. The third kappa shape index (κ3) is 3.03. The lowest BCUT2D eigenvalue weighted by molar-refractivity contribution is -0.193. The van der Waals surface area contributed by atoms with Crippen LogP contribution in [0.4, 0.5) is 18.0 Å². The molecule has 3 heterocycles. The van der Waals surface area contributed by atoms with Crippen LogP contribution < -0.4 is 5.32 Å². The fraction of sp³-hybridized carbons (Fsp3) is 0.826. The summed E-state index contributed by atoms with van der Waals surface area (Å²) in [6.07, 6.45) is 1.10. The molecule has 6 fully saturated rings. The van der Waals surface area contributed by atoms with Crippen LogP contribution >= 0.6 is 0 Å². The maximum absolute atomic E-state index is 13.1. The van der Waals surface area contributed by atoms with Crippen LogP contribution in [0, 0.1) is 16.2 Å². The van der Waals surface area contributed by atoms with E-state index in [1.807, 2.05) is 9.80 Å².